The Hall–Kier alpha value is -6.05. The summed E-state index contributed by atoms with van der Waals surface area (Å²) in [4.78, 5) is 62.3. The Balaban J connectivity index is 1.29. The van der Waals surface area contributed by atoms with E-state index >= 15 is 0 Å². The van der Waals surface area contributed by atoms with Crippen molar-refractivity contribution in [1.29, 1.82) is 0 Å². The third-order valence-electron chi connectivity index (χ3n) is 12.4. The molecule has 2 aliphatic heterocycles. The molecule has 0 unspecified atom stereocenters. The van der Waals surface area contributed by atoms with Crippen LogP contribution in [-0.2, 0) is 54.6 Å². The highest BCUT2D eigenvalue weighted by Gasteiger charge is 2.38. The molecule has 64 heavy (non-hydrogen) atoms. The summed E-state index contributed by atoms with van der Waals surface area (Å²) < 4.78 is 19.9. The van der Waals surface area contributed by atoms with Crippen LogP contribution in [0.25, 0.3) is 33.3 Å². The number of aromatic nitrogens is 2. The summed E-state index contributed by atoms with van der Waals surface area (Å²) in [6.45, 7) is 13.3. The predicted molar refractivity (Wildman–Crippen MR) is 247 cm³/mol. The van der Waals surface area contributed by atoms with E-state index in [2.05, 4.69) is 72.5 Å². The first kappa shape index (κ1) is 46.0. The fraction of sp³-hybridized carbons (Fsp3) is 0.431. The molecule has 6 bridgehead atoms. The minimum absolute atomic E-state index is 0.0502. The number of aryl methyl sites for hydroxylation is 1. The number of methoxy groups -OCH3 is 1. The van der Waals surface area contributed by atoms with Crippen LogP contribution in [0.5, 0.6) is 0 Å². The summed E-state index contributed by atoms with van der Waals surface area (Å²) in [6.07, 6.45) is 2.67. The van der Waals surface area contributed by atoms with Gasteiger partial charge in [-0.1, -0.05) is 88.4 Å². The predicted octanol–water partition coefficient (Wildman–Crippen LogP) is 8.04. The summed E-state index contributed by atoms with van der Waals surface area (Å²) in [7, 11) is 3.22. The molecule has 3 amide bonds. The zero-order valence-corrected chi connectivity index (χ0v) is 38.4. The molecule has 3 aromatic carbocycles. The van der Waals surface area contributed by atoms with E-state index in [4.69, 9.17) is 19.2 Å². The average Bonchev–Trinajstić information content (AvgIpc) is 3.60. The molecule has 7 rings (SSSR count). The maximum atomic E-state index is 14.6. The number of hydrazine groups is 1. The van der Waals surface area contributed by atoms with Gasteiger partial charge in [0.2, 0.25) is 5.91 Å². The molecule has 0 aliphatic carbocycles. The van der Waals surface area contributed by atoms with Crippen molar-refractivity contribution in [2.24, 2.45) is 11.3 Å². The van der Waals surface area contributed by atoms with Crippen molar-refractivity contribution in [3.8, 4) is 22.4 Å². The van der Waals surface area contributed by atoms with E-state index in [-0.39, 0.29) is 31.7 Å². The van der Waals surface area contributed by atoms with Crippen molar-refractivity contribution in [2.75, 3.05) is 27.3 Å². The Morgan fingerprint density at radius 2 is 1.77 bits per heavy atom. The fourth-order valence-corrected chi connectivity index (χ4v) is 9.10. The van der Waals surface area contributed by atoms with E-state index in [1.165, 1.54) is 17.0 Å². The molecule has 2 aliphatic rings. The number of likely N-dealkylation sites (N-methyl/N-ethyl adjacent to an activating group) is 1. The van der Waals surface area contributed by atoms with Crippen LogP contribution >= 0.6 is 0 Å². The molecule has 4 heterocycles. The number of benzene rings is 3. The van der Waals surface area contributed by atoms with Crippen molar-refractivity contribution in [3.05, 3.63) is 114 Å². The van der Waals surface area contributed by atoms with Gasteiger partial charge in [0, 0.05) is 61.7 Å². The van der Waals surface area contributed by atoms with Crippen LogP contribution < -0.4 is 10.7 Å². The Morgan fingerprint density at radius 3 is 2.50 bits per heavy atom. The average molecular weight is 871 g/mol. The van der Waals surface area contributed by atoms with Gasteiger partial charge in [-0.05, 0) is 91.1 Å². The van der Waals surface area contributed by atoms with Crippen molar-refractivity contribution < 1.29 is 33.4 Å². The zero-order chi connectivity index (χ0) is 45.7. The summed E-state index contributed by atoms with van der Waals surface area (Å²) >= 11 is 0. The topological polar surface area (TPSA) is 144 Å². The largest absolute Gasteiger partial charge is 0.464 e. The number of cyclic esters (lactones) is 1. The van der Waals surface area contributed by atoms with E-state index in [0.717, 1.165) is 55.7 Å². The number of fused-ring (bicyclic) bond motifs is 6. The number of hydrogen-bond acceptors (Lipinski definition) is 9. The summed E-state index contributed by atoms with van der Waals surface area (Å²) in [5.41, 5.74) is 11.3. The van der Waals surface area contributed by atoms with Crippen molar-refractivity contribution in [1.82, 2.24) is 30.2 Å². The van der Waals surface area contributed by atoms with Crippen LogP contribution in [0.3, 0.4) is 0 Å². The molecule has 13 nitrogen and oxygen atoms in total. The Bertz CT molecular complexity index is 2480. The highest BCUT2D eigenvalue weighted by Crippen LogP contribution is 2.42. The molecule has 338 valence electrons. The summed E-state index contributed by atoms with van der Waals surface area (Å²) in [5, 5.41) is 5.55. The second-order valence-electron chi connectivity index (χ2n) is 18.2. The van der Waals surface area contributed by atoms with Crippen LogP contribution in [0, 0.1) is 11.3 Å². The molecule has 0 radical (unpaired) electrons. The molecular formula is C51H62N6O7. The van der Waals surface area contributed by atoms with Gasteiger partial charge in [0.15, 0.2) is 0 Å². The number of carbonyl (C=O) groups is 4. The van der Waals surface area contributed by atoms with Crippen LogP contribution in [0.2, 0.25) is 0 Å². The Morgan fingerprint density at radius 1 is 1.00 bits per heavy atom. The first-order valence-corrected chi connectivity index (χ1v) is 22.4. The summed E-state index contributed by atoms with van der Waals surface area (Å²) in [5.74, 6) is -1.66. The van der Waals surface area contributed by atoms with Gasteiger partial charge in [-0.15, -0.1) is 0 Å². The zero-order valence-electron chi connectivity index (χ0n) is 38.4. The Kier molecular flexibility index (Phi) is 14.2. The number of amides is 3. The van der Waals surface area contributed by atoms with Crippen molar-refractivity contribution in [3.63, 3.8) is 0 Å². The molecule has 2 N–H and O–H groups in total. The molecule has 1 fully saturated rings. The van der Waals surface area contributed by atoms with E-state index in [1.807, 2.05) is 69.3 Å². The normalized spacial score (nSPS) is 18.8. The van der Waals surface area contributed by atoms with Gasteiger partial charge in [0.05, 0.1) is 24.1 Å². The molecule has 13 heteroatoms. The molecule has 2 aromatic heterocycles. The second kappa shape index (κ2) is 19.8. The number of carbonyl (C=O) groups excluding carboxylic acids is 4. The van der Waals surface area contributed by atoms with Gasteiger partial charge in [0.1, 0.15) is 24.7 Å². The number of ether oxygens (including phenoxy) is 3. The van der Waals surface area contributed by atoms with Crippen LogP contribution in [-0.4, -0.2) is 88.8 Å². The minimum atomic E-state index is -1.05. The monoisotopic (exact) mass is 870 g/mol. The number of rotatable bonds is 10. The van der Waals surface area contributed by atoms with Gasteiger partial charge in [-0.3, -0.25) is 29.3 Å². The quantitative estimate of drug-likeness (QED) is 0.133. The Labute approximate surface area is 376 Å². The van der Waals surface area contributed by atoms with E-state index in [0.29, 0.717) is 32.4 Å². The first-order chi connectivity index (χ1) is 30.7. The number of nitrogens with one attached hydrogen (secondary N) is 2. The molecule has 1 saturated heterocycles. The summed E-state index contributed by atoms with van der Waals surface area (Å²) in [6, 6.07) is 25.2. The fourth-order valence-electron chi connectivity index (χ4n) is 9.10. The van der Waals surface area contributed by atoms with E-state index in [9.17, 15) is 19.2 Å². The molecule has 5 aromatic rings. The number of pyridine rings is 1. The van der Waals surface area contributed by atoms with Gasteiger partial charge in [0.25, 0.3) is 5.91 Å². The first-order valence-electron chi connectivity index (χ1n) is 22.4. The lowest BCUT2D eigenvalue weighted by molar-refractivity contribution is -0.155. The van der Waals surface area contributed by atoms with Crippen LogP contribution in [0.1, 0.15) is 82.9 Å². The van der Waals surface area contributed by atoms with Gasteiger partial charge in [-0.2, -0.15) is 0 Å². The van der Waals surface area contributed by atoms with Gasteiger partial charge < -0.3 is 24.1 Å². The van der Waals surface area contributed by atoms with Crippen LogP contribution in [0.15, 0.2) is 91.1 Å². The molecule has 4 atom stereocenters. The van der Waals surface area contributed by atoms with E-state index in [1.54, 1.807) is 13.3 Å². The maximum Gasteiger partial charge on any atom is 0.410 e. The highest BCUT2D eigenvalue weighted by atomic mass is 16.6. The minimum Gasteiger partial charge on any atom is -0.464 e. The number of hydrogen-bond donors (Lipinski definition) is 2. The standard InChI is InChI=1S/C51H62N6O7/c1-9-56-43-23-22-37-28-39(43)40(46(56)38-20-14-24-52-44(38)33(4)62-8)29-51(5,6)31-64-49(60)41-21-15-25-57(54-41)48(59)42(27-35-18-13-19-36(37)26-35)53-47(58)45(32(2)3)55(7)50(61)63-30-34-16-11-10-12-17-34/h10-14,16-20,22-24,26,28,32-33,41-42,45,54H,9,15,21,25,27,29-31H2,1-8H3,(H,53,58)/t33-,41-,42-,45-/m0/s1. The lowest BCUT2D eigenvalue weighted by Gasteiger charge is -2.36. The molecule has 0 saturated carbocycles. The third-order valence-corrected chi connectivity index (χ3v) is 12.4. The maximum absolute atomic E-state index is 14.6. The molecular weight excluding hydrogens is 809 g/mol. The van der Waals surface area contributed by atoms with Gasteiger partial charge in [-0.25, -0.2) is 10.2 Å². The van der Waals surface area contributed by atoms with Gasteiger partial charge >= 0.3 is 12.1 Å². The smallest absolute Gasteiger partial charge is 0.410 e. The molecule has 0 spiro atoms. The SMILES string of the molecule is CCn1c(-c2cccnc2[C@H](C)OC)c2c3cc(ccc31)-c1cccc(c1)C[C@H](NC(=O)[C@H](C(C)C)N(C)C(=O)OCc1ccccc1)C(=O)N1CCC[C@H](N1)C(=O)OCC(C)(C)C2. The van der Waals surface area contributed by atoms with Crippen molar-refractivity contribution in [2.45, 2.75) is 105 Å². The number of nitrogens with zero attached hydrogens (tertiary/aromatic N) is 4. The van der Waals surface area contributed by atoms with Crippen LogP contribution in [0.4, 0.5) is 4.79 Å². The van der Waals surface area contributed by atoms with Crippen molar-refractivity contribution >= 4 is 34.8 Å². The lowest BCUT2D eigenvalue weighted by Crippen LogP contribution is -2.62. The lowest BCUT2D eigenvalue weighted by atomic mass is 9.84. The second-order valence-corrected chi connectivity index (χ2v) is 18.2. The number of esters is 1. The van der Waals surface area contributed by atoms with E-state index < -0.39 is 47.4 Å². The highest BCUT2D eigenvalue weighted by molar-refractivity contribution is 5.96. The third kappa shape index (κ3) is 10.0.